The van der Waals surface area contributed by atoms with Gasteiger partial charge in [0.1, 0.15) is 0 Å². The molecule has 2 heteroatoms. The lowest BCUT2D eigenvalue weighted by Gasteiger charge is -2.38. The van der Waals surface area contributed by atoms with Crippen molar-refractivity contribution in [3.05, 3.63) is 24.3 Å². The first-order chi connectivity index (χ1) is 8.24. The average Bonchev–Trinajstić information content (AvgIpc) is 2.24. The van der Waals surface area contributed by atoms with Gasteiger partial charge in [-0.2, -0.15) is 0 Å². The molecule has 0 saturated carbocycles. The quantitative estimate of drug-likeness (QED) is 0.376. The van der Waals surface area contributed by atoms with Crippen LogP contribution in [0.5, 0.6) is 0 Å². The molecule has 0 radical (unpaired) electrons. The molecule has 0 rings (SSSR count). The molecule has 0 aliphatic carbocycles. The molecule has 0 aliphatic heterocycles. The van der Waals surface area contributed by atoms with Crippen molar-refractivity contribution in [3.8, 4) is 12.3 Å². The molecule has 18 heavy (non-hydrogen) atoms. The third-order valence-electron chi connectivity index (χ3n) is 3.43. The predicted octanol–water partition coefficient (Wildman–Crippen LogP) is 4.92. The Morgan fingerprint density at radius 1 is 1.28 bits per heavy atom. The Balaban J connectivity index is 4.74. The highest BCUT2D eigenvalue weighted by Gasteiger charge is 2.38. The SMILES string of the molecule is C#C/C=C/[C@H](C/C=C\CC)O[Si](C)(C)C(C)(C)C. The number of allylic oxidation sites excluding steroid dienone is 2. The summed E-state index contributed by atoms with van der Waals surface area (Å²) in [5.41, 5.74) is 0. The van der Waals surface area contributed by atoms with Crippen LogP contribution in [0, 0.1) is 12.3 Å². The molecule has 0 aromatic rings. The molecule has 0 fully saturated rings. The van der Waals surface area contributed by atoms with Crippen LogP contribution in [-0.4, -0.2) is 14.4 Å². The van der Waals surface area contributed by atoms with E-state index in [4.69, 9.17) is 10.8 Å². The van der Waals surface area contributed by atoms with Crippen LogP contribution in [0.4, 0.5) is 0 Å². The largest absolute Gasteiger partial charge is 0.410 e. The van der Waals surface area contributed by atoms with Crippen molar-refractivity contribution in [3.63, 3.8) is 0 Å². The Bertz CT molecular complexity index is 326. The van der Waals surface area contributed by atoms with Crippen molar-refractivity contribution < 1.29 is 4.43 Å². The molecule has 0 heterocycles. The van der Waals surface area contributed by atoms with Crippen LogP contribution in [0.1, 0.15) is 40.5 Å². The molecule has 0 bridgehead atoms. The number of hydrogen-bond acceptors (Lipinski definition) is 1. The minimum Gasteiger partial charge on any atom is -0.410 e. The Morgan fingerprint density at radius 3 is 2.33 bits per heavy atom. The van der Waals surface area contributed by atoms with Gasteiger partial charge in [0.2, 0.25) is 0 Å². The van der Waals surface area contributed by atoms with E-state index in [9.17, 15) is 0 Å². The maximum Gasteiger partial charge on any atom is 0.192 e. The molecule has 1 atom stereocenters. The molecular formula is C16H28OSi. The number of hydrogen-bond donors (Lipinski definition) is 0. The van der Waals surface area contributed by atoms with E-state index in [0.29, 0.717) is 0 Å². The fourth-order valence-electron chi connectivity index (χ4n) is 1.28. The van der Waals surface area contributed by atoms with Gasteiger partial charge in [-0.3, -0.25) is 0 Å². The van der Waals surface area contributed by atoms with E-state index < -0.39 is 8.32 Å². The van der Waals surface area contributed by atoms with Crippen molar-refractivity contribution in [2.45, 2.75) is 64.8 Å². The molecule has 1 nitrogen and oxygen atoms in total. The Kier molecular flexibility index (Phi) is 7.28. The van der Waals surface area contributed by atoms with Gasteiger partial charge in [-0.25, -0.2) is 0 Å². The topological polar surface area (TPSA) is 9.23 Å². The van der Waals surface area contributed by atoms with Crippen LogP contribution in [0.3, 0.4) is 0 Å². The monoisotopic (exact) mass is 264 g/mol. The predicted molar refractivity (Wildman–Crippen MR) is 84.1 cm³/mol. The average molecular weight is 264 g/mol. The van der Waals surface area contributed by atoms with Crippen molar-refractivity contribution in [1.29, 1.82) is 0 Å². The van der Waals surface area contributed by atoms with Crippen molar-refractivity contribution in [2.75, 3.05) is 0 Å². The van der Waals surface area contributed by atoms with E-state index in [1.165, 1.54) is 0 Å². The summed E-state index contributed by atoms with van der Waals surface area (Å²) in [6.07, 6.45) is 15.4. The lowest BCUT2D eigenvalue weighted by atomic mass is 10.2. The number of rotatable bonds is 6. The van der Waals surface area contributed by atoms with Crippen molar-refractivity contribution in [1.82, 2.24) is 0 Å². The van der Waals surface area contributed by atoms with Crippen LogP contribution in [0.2, 0.25) is 18.1 Å². The van der Waals surface area contributed by atoms with E-state index >= 15 is 0 Å². The van der Waals surface area contributed by atoms with Gasteiger partial charge in [0.15, 0.2) is 8.32 Å². The fraction of sp³-hybridized carbons (Fsp3) is 0.625. The van der Waals surface area contributed by atoms with Gasteiger partial charge in [-0.1, -0.05) is 45.8 Å². The maximum atomic E-state index is 6.36. The summed E-state index contributed by atoms with van der Waals surface area (Å²) in [5.74, 6) is 2.54. The van der Waals surface area contributed by atoms with E-state index in [1.807, 2.05) is 6.08 Å². The van der Waals surface area contributed by atoms with Crippen molar-refractivity contribution in [2.24, 2.45) is 0 Å². The summed E-state index contributed by atoms with van der Waals surface area (Å²) in [7, 11) is -1.73. The van der Waals surface area contributed by atoms with Crippen LogP contribution in [-0.2, 0) is 4.43 Å². The molecule has 0 spiro atoms. The number of terminal acetylenes is 1. The molecule has 0 unspecified atom stereocenters. The zero-order valence-electron chi connectivity index (χ0n) is 12.8. The summed E-state index contributed by atoms with van der Waals surface area (Å²) >= 11 is 0. The summed E-state index contributed by atoms with van der Waals surface area (Å²) in [5, 5.41) is 0.226. The molecule has 0 saturated heterocycles. The Labute approximate surface area is 114 Å². The summed E-state index contributed by atoms with van der Waals surface area (Å²) in [6, 6.07) is 0. The summed E-state index contributed by atoms with van der Waals surface area (Å²) in [4.78, 5) is 0. The van der Waals surface area contributed by atoms with Gasteiger partial charge in [-0.15, -0.1) is 6.42 Å². The van der Waals surface area contributed by atoms with Gasteiger partial charge in [0, 0.05) is 0 Å². The maximum absolute atomic E-state index is 6.36. The first-order valence-corrected chi connectivity index (χ1v) is 9.61. The zero-order valence-corrected chi connectivity index (χ0v) is 13.8. The van der Waals surface area contributed by atoms with Crippen LogP contribution in [0.15, 0.2) is 24.3 Å². The Morgan fingerprint density at radius 2 is 1.89 bits per heavy atom. The third kappa shape index (κ3) is 6.23. The Hall–Kier alpha value is -0.783. The highest BCUT2D eigenvalue weighted by atomic mass is 28.4. The molecule has 0 amide bonds. The van der Waals surface area contributed by atoms with Gasteiger partial charge >= 0.3 is 0 Å². The summed E-state index contributed by atoms with van der Waals surface area (Å²) in [6.45, 7) is 13.4. The van der Waals surface area contributed by atoms with Gasteiger partial charge in [0.05, 0.1) is 6.10 Å². The second kappa shape index (κ2) is 7.61. The molecule has 0 aliphatic rings. The van der Waals surface area contributed by atoms with Crippen LogP contribution in [0.25, 0.3) is 0 Å². The zero-order chi connectivity index (χ0) is 14.2. The molecule has 0 N–H and O–H groups in total. The molecule has 0 aromatic heterocycles. The molecular weight excluding hydrogens is 236 g/mol. The first-order valence-electron chi connectivity index (χ1n) is 6.70. The van der Waals surface area contributed by atoms with Gasteiger partial charge in [0.25, 0.3) is 0 Å². The second-order valence-corrected chi connectivity index (χ2v) is 10.8. The smallest absolute Gasteiger partial charge is 0.192 e. The highest BCUT2D eigenvalue weighted by molar-refractivity contribution is 6.74. The van der Waals surface area contributed by atoms with E-state index in [0.717, 1.165) is 12.8 Å². The van der Waals surface area contributed by atoms with Gasteiger partial charge < -0.3 is 4.43 Å². The van der Waals surface area contributed by atoms with E-state index in [2.05, 4.69) is 58.9 Å². The van der Waals surface area contributed by atoms with Crippen LogP contribution >= 0.6 is 0 Å². The fourth-order valence-corrected chi connectivity index (χ4v) is 2.57. The minimum absolute atomic E-state index is 0.102. The highest BCUT2D eigenvalue weighted by Crippen LogP contribution is 2.37. The normalized spacial score (nSPS) is 15.2. The van der Waals surface area contributed by atoms with E-state index in [-0.39, 0.29) is 11.1 Å². The molecule has 102 valence electrons. The van der Waals surface area contributed by atoms with Gasteiger partial charge in [-0.05, 0) is 43.1 Å². The second-order valence-electron chi connectivity index (χ2n) is 6.06. The standard InChI is InChI=1S/C16H28OSi/c1-8-10-12-14-15(13-11-9-2)17-18(6,7)16(3,4)5/h2,10-13,15H,8,14H2,1,3-7H3/b12-10-,13-11+/t15-/m1/s1. The first kappa shape index (κ1) is 17.2. The lowest BCUT2D eigenvalue weighted by molar-refractivity contribution is 0.228. The lowest BCUT2D eigenvalue weighted by Crippen LogP contribution is -2.43. The summed E-state index contributed by atoms with van der Waals surface area (Å²) < 4.78 is 6.36. The van der Waals surface area contributed by atoms with Crippen LogP contribution < -0.4 is 0 Å². The third-order valence-corrected chi connectivity index (χ3v) is 7.93. The molecule has 0 aromatic carbocycles. The van der Waals surface area contributed by atoms with E-state index in [1.54, 1.807) is 6.08 Å². The minimum atomic E-state index is -1.73. The van der Waals surface area contributed by atoms with Crippen molar-refractivity contribution >= 4 is 8.32 Å².